The highest BCUT2D eigenvalue weighted by Gasteiger charge is 2.14. The van der Waals surface area contributed by atoms with Crippen LogP contribution in [-0.2, 0) is 0 Å². The van der Waals surface area contributed by atoms with Gasteiger partial charge >= 0.3 is 0 Å². The molecule has 0 amide bonds. The van der Waals surface area contributed by atoms with Crippen molar-refractivity contribution in [1.82, 2.24) is 5.43 Å². The Bertz CT molecular complexity index is 341. The van der Waals surface area contributed by atoms with Gasteiger partial charge in [-0.25, -0.2) is 4.39 Å². The third-order valence-electron chi connectivity index (χ3n) is 2.17. The zero-order valence-electron chi connectivity index (χ0n) is 8.66. The van der Waals surface area contributed by atoms with Crippen LogP contribution in [0.15, 0.2) is 30.9 Å². The first-order valence-electron chi connectivity index (χ1n) is 4.63. The normalized spacial score (nSPS) is 12.2. The van der Waals surface area contributed by atoms with Crippen molar-refractivity contribution in [2.75, 3.05) is 7.11 Å². The van der Waals surface area contributed by atoms with Gasteiger partial charge in [-0.05, 0) is 24.6 Å². The smallest absolute Gasteiger partial charge is 0.123 e. The maximum absolute atomic E-state index is 13.1. The van der Waals surface area contributed by atoms with Crippen LogP contribution in [0.4, 0.5) is 4.39 Å². The van der Waals surface area contributed by atoms with Gasteiger partial charge in [-0.2, -0.15) is 0 Å². The topological polar surface area (TPSA) is 47.3 Å². The molecule has 15 heavy (non-hydrogen) atoms. The van der Waals surface area contributed by atoms with E-state index >= 15 is 0 Å². The molecule has 0 fully saturated rings. The van der Waals surface area contributed by atoms with Crippen molar-refractivity contribution in [2.24, 2.45) is 5.84 Å². The molecule has 4 heteroatoms. The van der Waals surface area contributed by atoms with Crippen LogP contribution >= 0.6 is 0 Å². The van der Waals surface area contributed by atoms with Crippen LogP contribution in [0.3, 0.4) is 0 Å². The summed E-state index contributed by atoms with van der Waals surface area (Å²) in [5.41, 5.74) is 3.30. The summed E-state index contributed by atoms with van der Waals surface area (Å²) in [7, 11) is 1.54. The van der Waals surface area contributed by atoms with Crippen molar-refractivity contribution in [3.63, 3.8) is 0 Å². The average molecular weight is 210 g/mol. The molecule has 0 heterocycles. The number of rotatable bonds is 5. The first-order chi connectivity index (χ1) is 7.22. The number of nitrogens with two attached hydrogens (primary N) is 1. The Morgan fingerprint density at radius 3 is 2.93 bits per heavy atom. The molecule has 0 aliphatic carbocycles. The number of hydrogen-bond acceptors (Lipinski definition) is 3. The van der Waals surface area contributed by atoms with E-state index in [-0.39, 0.29) is 11.9 Å². The van der Waals surface area contributed by atoms with Crippen LogP contribution in [0, 0.1) is 5.82 Å². The average Bonchev–Trinajstić information content (AvgIpc) is 2.26. The van der Waals surface area contributed by atoms with Gasteiger partial charge in [-0.1, -0.05) is 6.08 Å². The molecule has 0 saturated heterocycles. The summed E-state index contributed by atoms with van der Waals surface area (Å²) in [4.78, 5) is 0. The molecule has 1 aromatic carbocycles. The number of hydrogen-bond donors (Lipinski definition) is 2. The second-order valence-corrected chi connectivity index (χ2v) is 3.13. The number of ether oxygens (including phenoxy) is 1. The molecule has 3 N–H and O–H groups in total. The van der Waals surface area contributed by atoms with E-state index < -0.39 is 0 Å². The highest BCUT2D eigenvalue weighted by atomic mass is 19.1. The number of methoxy groups -OCH3 is 1. The molecule has 3 nitrogen and oxygen atoms in total. The molecule has 0 spiro atoms. The Morgan fingerprint density at radius 1 is 1.67 bits per heavy atom. The highest BCUT2D eigenvalue weighted by Crippen LogP contribution is 2.27. The van der Waals surface area contributed by atoms with E-state index in [1.807, 2.05) is 0 Å². The van der Waals surface area contributed by atoms with Crippen LogP contribution in [0.25, 0.3) is 0 Å². The van der Waals surface area contributed by atoms with Crippen molar-refractivity contribution in [3.05, 3.63) is 42.2 Å². The molecule has 0 bridgehead atoms. The monoisotopic (exact) mass is 210 g/mol. The second-order valence-electron chi connectivity index (χ2n) is 3.13. The van der Waals surface area contributed by atoms with E-state index in [0.29, 0.717) is 17.7 Å². The summed E-state index contributed by atoms with van der Waals surface area (Å²) >= 11 is 0. The van der Waals surface area contributed by atoms with E-state index in [2.05, 4.69) is 12.0 Å². The van der Waals surface area contributed by atoms with Crippen LogP contribution in [-0.4, -0.2) is 7.11 Å². The molecule has 0 aliphatic rings. The minimum Gasteiger partial charge on any atom is -0.496 e. The second kappa shape index (κ2) is 5.48. The lowest BCUT2D eigenvalue weighted by Gasteiger charge is -2.17. The Kier molecular flexibility index (Phi) is 4.27. The van der Waals surface area contributed by atoms with E-state index in [0.717, 1.165) is 0 Å². The third-order valence-corrected chi connectivity index (χ3v) is 2.17. The van der Waals surface area contributed by atoms with Crippen molar-refractivity contribution < 1.29 is 9.13 Å². The van der Waals surface area contributed by atoms with Gasteiger partial charge in [-0.15, -0.1) is 6.58 Å². The molecule has 0 radical (unpaired) electrons. The van der Waals surface area contributed by atoms with E-state index in [4.69, 9.17) is 10.6 Å². The largest absolute Gasteiger partial charge is 0.496 e. The van der Waals surface area contributed by atoms with Crippen molar-refractivity contribution in [3.8, 4) is 5.75 Å². The first-order valence-corrected chi connectivity index (χ1v) is 4.63. The fourth-order valence-electron chi connectivity index (χ4n) is 1.43. The van der Waals surface area contributed by atoms with Gasteiger partial charge in [0.1, 0.15) is 11.6 Å². The number of halogens is 1. The van der Waals surface area contributed by atoms with Crippen LogP contribution < -0.4 is 16.0 Å². The van der Waals surface area contributed by atoms with E-state index in [1.165, 1.54) is 19.2 Å². The molecule has 1 unspecified atom stereocenters. The van der Waals surface area contributed by atoms with E-state index in [1.54, 1.807) is 12.1 Å². The maximum Gasteiger partial charge on any atom is 0.123 e. The van der Waals surface area contributed by atoms with Gasteiger partial charge in [0.25, 0.3) is 0 Å². The SMILES string of the molecule is C=CCC(NN)c1cc(F)ccc1OC. The molecule has 1 aromatic rings. The molecule has 0 aromatic heterocycles. The fraction of sp³-hybridized carbons (Fsp3) is 0.273. The summed E-state index contributed by atoms with van der Waals surface area (Å²) in [6.07, 6.45) is 2.32. The molecule has 1 atom stereocenters. The quantitative estimate of drug-likeness (QED) is 0.443. The lowest BCUT2D eigenvalue weighted by Crippen LogP contribution is -2.28. The van der Waals surface area contributed by atoms with Crippen molar-refractivity contribution in [1.29, 1.82) is 0 Å². The molecule has 0 aliphatic heterocycles. The van der Waals surface area contributed by atoms with Gasteiger partial charge in [0.15, 0.2) is 0 Å². The van der Waals surface area contributed by atoms with Crippen molar-refractivity contribution >= 4 is 0 Å². The molecular formula is C11H15FN2O. The number of benzene rings is 1. The van der Waals surface area contributed by atoms with Crippen LogP contribution in [0.5, 0.6) is 5.75 Å². The third kappa shape index (κ3) is 2.78. The lowest BCUT2D eigenvalue weighted by molar-refractivity contribution is 0.398. The van der Waals surface area contributed by atoms with Gasteiger partial charge in [0.05, 0.1) is 13.2 Å². The van der Waals surface area contributed by atoms with Crippen LogP contribution in [0.1, 0.15) is 18.0 Å². The minimum absolute atomic E-state index is 0.187. The van der Waals surface area contributed by atoms with Gasteiger partial charge in [0, 0.05) is 5.56 Å². The zero-order valence-corrected chi connectivity index (χ0v) is 8.66. The molecule has 1 rings (SSSR count). The standard InChI is InChI=1S/C11H15FN2O/c1-3-4-10(14-13)9-7-8(12)5-6-11(9)15-2/h3,5-7,10,14H,1,4,13H2,2H3. The van der Waals surface area contributed by atoms with Gasteiger partial charge in [-0.3, -0.25) is 11.3 Å². The highest BCUT2D eigenvalue weighted by molar-refractivity contribution is 5.36. The van der Waals surface area contributed by atoms with Gasteiger partial charge in [0.2, 0.25) is 0 Å². The van der Waals surface area contributed by atoms with Gasteiger partial charge < -0.3 is 4.74 Å². The summed E-state index contributed by atoms with van der Waals surface area (Å²) in [5, 5.41) is 0. The van der Waals surface area contributed by atoms with E-state index in [9.17, 15) is 4.39 Å². The Morgan fingerprint density at radius 2 is 2.40 bits per heavy atom. The number of nitrogens with one attached hydrogen (secondary N) is 1. The fourth-order valence-corrected chi connectivity index (χ4v) is 1.43. The predicted octanol–water partition coefficient (Wildman–Crippen LogP) is 1.91. The molecule has 0 saturated carbocycles. The predicted molar refractivity (Wildman–Crippen MR) is 57.8 cm³/mol. The summed E-state index contributed by atoms with van der Waals surface area (Å²) in [5.74, 6) is 5.69. The first kappa shape index (κ1) is 11.7. The molecule has 82 valence electrons. The number of hydrazine groups is 1. The van der Waals surface area contributed by atoms with Crippen LogP contribution in [0.2, 0.25) is 0 Å². The zero-order chi connectivity index (χ0) is 11.3. The Balaban J connectivity index is 3.07. The van der Waals surface area contributed by atoms with Crippen molar-refractivity contribution in [2.45, 2.75) is 12.5 Å². The lowest BCUT2D eigenvalue weighted by atomic mass is 10.0. The molecular weight excluding hydrogens is 195 g/mol. The Labute approximate surface area is 88.7 Å². The maximum atomic E-state index is 13.1. The Hall–Kier alpha value is -1.39. The minimum atomic E-state index is -0.310. The summed E-state index contributed by atoms with van der Waals surface area (Å²) in [6, 6.07) is 4.16. The summed E-state index contributed by atoms with van der Waals surface area (Å²) < 4.78 is 18.2. The summed E-state index contributed by atoms with van der Waals surface area (Å²) in [6.45, 7) is 3.62.